The number of rotatable bonds is 5. The molecule has 0 spiro atoms. The molecule has 0 heterocycles. The van der Waals surface area contributed by atoms with E-state index in [2.05, 4.69) is 4.72 Å². The smallest absolute Gasteiger partial charge is 0.211 e. The summed E-state index contributed by atoms with van der Waals surface area (Å²) < 4.78 is 25.7. The molecule has 1 rings (SSSR count). The first-order valence-electron chi connectivity index (χ1n) is 6.05. The molecule has 4 nitrogen and oxygen atoms in total. The van der Waals surface area contributed by atoms with Crippen molar-refractivity contribution in [1.29, 1.82) is 0 Å². The fourth-order valence-electron chi connectivity index (χ4n) is 2.20. The Labute approximate surface area is 98.5 Å². The van der Waals surface area contributed by atoms with E-state index in [1.54, 1.807) is 0 Å². The average Bonchev–Trinajstić information content (AvgIpc) is 2.20. The van der Waals surface area contributed by atoms with Gasteiger partial charge in [0.05, 0.1) is 11.9 Å². The van der Waals surface area contributed by atoms with Gasteiger partial charge in [-0.3, -0.25) is 0 Å². The zero-order valence-electron chi connectivity index (χ0n) is 10.2. The van der Waals surface area contributed by atoms with Gasteiger partial charge in [-0.25, -0.2) is 13.1 Å². The molecule has 2 atom stereocenters. The fraction of sp³-hybridized carbons (Fsp3) is 1.00. The Morgan fingerprint density at radius 3 is 2.69 bits per heavy atom. The van der Waals surface area contributed by atoms with Crippen molar-refractivity contribution < 1.29 is 13.5 Å². The maximum atomic E-state index is 11.5. The molecule has 96 valence electrons. The molecule has 0 saturated heterocycles. The maximum Gasteiger partial charge on any atom is 0.211 e. The van der Waals surface area contributed by atoms with E-state index in [1.807, 2.05) is 13.8 Å². The molecule has 0 aliphatic heterocycles. The van der Waals surface area contributed by atoms with Crippen molar-refractivity contribution in [3.8, 4) is 0 Å². The quantitative estimate of drug-likeness (QED) is 0.771. The summed E-state index contributed by atoms with van der Waals surface area (Å²) in [6, 6.07) is 0. The molecule has 5 heteroatoms. The summed E-state index contributed by atoms with van der Waals surface area (Å²) in [5, 5.41) is 9.92. The highest BCUT2D eigenvalue weighted by atomic mass is 32.2. The topological polar surface area (TPSA) is 66.4 Å². The second-order valence-corrected chi connectivity index (χ2v) is 6.98. The van der Waals surface area contributed by atoms with Gasteiger partial charge in [0.1, 0.15) is 0 Å². The molecule has 0 bridgehead atoms. The van der Waals surface area contributed by atoms with Crippen LogP contribution in [0.4, 0.5) is 0 Å². The van der Waals surface area contributed by atoms with Crippen molar-refractivity contribution in [2.75, 3.05) is 12.3 Å². The van der Waals surface area contributed by atoms with Gasteiger partial charge in [-0.1, -0.05) is 26.7 Å². The first-order valence-corrected chi connectivity index (χ1v) is 7.70. The molecule has 1 saturated carbocycles. The lowest BCUT2D eigenvalue weighted by molar-refractivity contribution is 0.00463. The van der Waals surface area contributed by atoms with Gasteiger partial charge < -0.3 is 5.11 Å². The molecular weight excluding hydrogens is 226 g/mol. The number of aliphatic hydroxyl groups is 1. The molecule has 16 heavy (non-hydrogen) atoms. The summed E-state index contributed by atoms with van der Waals surface area (Å²) >= 11 is 0. The molecule has 0 amide bonds. The third kappa shape index (κ3) is 3.71. The van der Waals surface area contributed by atoms with E-state index in [9.17, 15) is 13.5 Å². The minimum atomic E-state index is -3.15. The Morgan fingerprint density at radius 2 is 2.12 bits per heavy atom. The minimum absolute atomic E-state index is 0.166. The normalized spacial score (nSPS) is 31.6. The van der Waals surface area contributed by atoms with E-state index < -0.39 is 10.0 Å². The van der Waals surface area contributed by atoms with Crippen LogP contribution in [-0.2, 0) is 10.0 Å². The molecule has 0 aromatic carbocycles. The lowest BCUT2D eigenvalue weighted by Gasteiger charge is -2.38. The monoisotopic (exact) mass is 249 g/mol. The lowest BCUT2D eigenvalue weighted by atomic mass is 9.73. The van der Waals surface area contributed by atoms with Gasteiger partial charge >= 0.3 is 0 Å². The Morgan fingerprint density at radius 1 is 1.44 bits per heavy atom. The predicted molar refractivity (Wildman–Crippen MR) is 64.7 cm³/mol. The van der Waals surface area contributed by atoms with Crippen LogP contribution in [0.1, 0.15) is 46.0 Å². The van der Waals surface area contributed by atoms with Gasteiger partial charge in [-0.2, -0.15) is 0 Å². The highest BCUT2D eigenvalue weighted by Gasteiger charge is 2.35. The number of sulfonamides is 1. The van der Waals surface area contributed by atoms with E-state index in [-0.39, 0.29) is 17.3 Å². The van der Waals surface area contributed by atoms with Crippen LogP contribution in [0.3, 0.4) is 0 Å². The van der Waals surface area contributed by atoms with Crippen LogP contribution >= 0.6 is 0 Å². The van der Waals surface area contributed by atoms with E-state index >= 15 is 0 Å². The van der Waals surface area contributed by atoms with Crippen LogP contribution in [-0.4, -0.2) is 31.9 Å². The fourth-order valence-corrected chi connectivity index (χ4v) is 3.43. The largest absolute Gasteiger partial charge is 0.393 e. The molecule has 0 radical (unpaired) electrons. The van der Waals surface area contributed by atoms with Gasteiger partial charge in [-0.15, -0.1) is 0 Å². The Balaban J connectivity index is 2.53. The molecule has 2 unspecified atom stereocenters. The van der Waals surface area contributed by atoms with Crippen molar-refractivity contribution in [3.05, 3.63) is 0 Å². The minimum Gasteiger partial charge on any atom is -0.393 e. The van der Waals surface area contributed by atoms with Gasteiger partial charge in [0.25, 0.3) is 0 Å². The van der Waals surface area contributed by atoms with Crippen LogP contribution in [0.25, 0.3) is 0 Å². The second-order valence-electron chi connectivity index (χ2n) is 5.06. The third-order valence-electron chi connectivity index (χ3n) is 3.45. The van der Waals surface area contributed by atoms with Crippen molar-refractivity contribution >= 4 is 10.0 Å². The van der Waals surface area contributed by atoms with Crippen LogP contribution in [0.2, 0.25) is 0 Å². The summed E-state index contributed by atoms with van der Waals surface area (Å²) in [4.78, 5) is 0. The van der Waals surface area contributed by atoms with Crippen LogP contribution in [0.15, 0.2) is 0 Å². The summed E-state index contributed by atoms with van der Waals surface area (Å²) in [6.45, 7) is 4.16. The molecule has 1 aliphatic carbocycles. The van der Waals surface area contributed by atoms with Crippen molar-refractivity contribution in [2.24, 2.45) is 5.41 Å². The predicted octanol–water partition coefficient (Wildman–Crippen LogP) is 1.26. The molecule has 0 aromatic rings. The Kier molecular flexibility index (Phi) is 4.76. The summed E-state index contributed by atoms with van der Waals surface area (Å²) in [5.74, 6) is 0.166. The zero-order valence-corrected chi connectivity index (χ0v) is 11.0. The first kappa shape index (κ1) is 13.9. The van der Waals surface area contributed by atoms with E-state index in [0.29, 0.717) is 13.0 Å². The molecular formula is C11H23NO3S. The van der Waals surface area contributed by atoms with E-state index in [4.69, 9.17) is 0 Å². The number of aliphatic hydroxyl groups excluding tert-OH is 1. The maximum absolute atomic E-state index is 11.5. The first-order chi connectivity index (χ1) is 7.40. The molecule has 2 N–H and O–H groups in total. The van der Waals surface area contributed by atoms with Gasteiger partial charge in [-0.05, 0) is 19.3 Å². The second kappa shape index (κ2) is 5.47. The van der Waals surface area contributed by atoms with Gasteiger partial charge in [0, 0.05) is 12.0 Å². The van der Waals surface area contributed by atoms with Crippen molar-refractivity contribution in [3.63, 3.8) is 0 Å². The van der Waals surface area contributed by atoms with E-state index in [1.165, 1.54) is 0 Å². The summed E-state index contributed by atoms with van der Waals surface area (Å²) in [6.07, 6.45) is 4.02. The highest BCUT2D eigenvalue weighted by Crippen LogP contribution is 2.35. The third-order valence-corrected chi connectivity index (χ3v) is 4.98. The lowest BCUT2D eigenvalue weighted by Crippen LogP contribution is -2.45. The Bertz CT molecular complexity index is 315. The average molecular weight is 249 g/mol. The number of hydrogen-bond donors (Lipinski definition) is 2. The highest BCUT2D eigenvalue weighted by molar-refractivity contribution is 7.89. The molecule has 1 aliphatic rings. The molecule has 0 aromatic heterocycles. The van der Waals surface area contributed by atoms with Crippen molar-refractivity contribution in [1.82, 2.24) is 4.72 Å². The standard InChI is InChI=1S/C11H23NO3S/c1-3-8-16(14,15)12-9-11(2)7-5-4-6-10(11)13/h10,12-13H,3-9H2,1-2H3. The van der Waals surface area contributed by atoms with E-state index in [0.717, 1.165) is 25.7 Å². The van der Waals surface area contributed by atoms with Crippen LogP contribution in [0.5, 0.6) is 0 Å². The zero-order chi connectivity index (χ0) is 12.2. The molecule has 1 fully saturated rings. The SMILES string of the molecule is CCCS(=O)(=O)NCC1(C)CCCCC1O. The van der Waals surface area contributed by atoms with Crippen LogP contribution in [0, 0.1) is 5.41 Å². The Hall–Kier alpha value is -0.130. The van der Waals surface area contributed by atoms with Gasteiger partial charge in [0.15, 0.2) is 0 Å². The number of hydrogen-bond acceptors (Lipinski definition) is 3. The summed E-state index contributed by atoms with van der Waals surface area (Å²) in [7, 11) is -3.15. The van der Waals surface area contributed by atoms with Crippen LogP contribution < -0.4 is 4.72 Å². The van der Waals surface area contributed by atoms with Crippen molar-refractivity contribution in [2.45, 2.75) is 52.1 Å². The van der Waals surface area contributed by atoms with Gasteiger partial charge in [0.2, 0.25) is 10.0 Å². The summed E-state index contributed by atoms with van der Waals surface area (Å²) in [5.41, 5.74) is -0.293. The number of nitrogens with one attached hydrogen (secondary N) is 1.